The topological polar surface area (TPSA) is 53.4 Å². The Morgan fingerprint density at radius 2 is 2.15 bits per heavy atom. The number of alkyl halides is 1. The zero-order valence-electron chi connectivity index (χ0n) is 11.3. The lowest BCUT2D eigenvalue weighted by molar-refractivity contribution is 0.0601. The number of imidazole rings is 1. The molecule has 0 unspecified atom stereocenters. The summed E-state index contributed by atoms with van der Waals surface area (Å²) in [6, 6.07) is 5.25. The maximum absolute atomic E-state index is 11.6. The van der Waals surface area contributed by atoms with E-state index >= 15 is 0 Å². The molecule has 20 heavy (non-hydrogen) atoms. The number of carbonyl (C=O) groups is 1. The first-order valence-corrected chi connectivity index (χ1v) is 6.37. The van der Waals surface area contributed by atoms with Crippen LogP contribution in [0.25, 0.3) is 11.0 Å². The molecule has 0 fully saturated rings. The van der Waals surface area contributed by atoms with E-state index in [1.54, 1.807) is 25.3 Å². The van der Waals surface area contributed by atoms with Gasteiger partial charge in [0.1, 0.15) is 5.82 Å². The molecular formula is C13H16Cl2N2O3. The summed E-state index contributed by atoms with van der Waals surface area (Å²) >= 11 is 5.90. The molecule has 1 aromatic carbocycles. The molecule has 2 rings (SSSR count). The van der Waals surface area contributed by atoms with Gasteiger partial charge in [0, 0.05) is 13.7 Å². The van der Waals surface area contributed by atoms with Gasteiger partial charge in [0.05, 0.1) is 36.2 Å². The number of hydrogen-bond donors (Lipinski definition) is 0. The Labute approximate surface area is 128 Å². The number of rotatable bonds is 5. The first kappa shape index (κ1) is 16.8. The van der Waals surface area contributed by atoms with Crippen LogP contribution in [0.15, 0.2) is 18.2 Å². The number of nitrogens with zero attached hydrogens (tertiary/aromatic N) is 2. The van der Waals surface area contributed by atoms with E-state index in [0.29, 0.717) is 24.6 Å². The summed E-state index contributed by atoms with van der Waals surface area (Å²) in [4.78, 5) is 16.0. The second kappa shape index (κ2) is 7.47. The lowest BCUT2D eigenvalue weighted by Gasteiger charge is -2.07. The third-order valence-corrected chi connectivity index (χ3v) is 3.13. The van der Waals surface area contributed by atoms with Crippen LogP contribution in [0.3, 0.4) is 0 Å². The van der Waals surface area contributed by atoms with E-state index in [2.05, 4.69) is 4.98 Å². The molecule has 1 aromatic heterocycles. The molecule has 0 spiro atoms. The van der Waals surface area contributed by atoms with Gasteiger partial charge < -0.3 is 14.0 Å². The van der Waals surface area contributed by atoms with Crippen LogP contribution in [0.5, 0.6) is 0 Å². The number of esters is 1. The molecule has 0 atom stereocenters. The number of fused-ring (bicyclic) bond motifs is 1. The highest BCUT2D eigenvalue weighted by Crippen LogP contribution is 2.19. The van der Waals surface area contributed by atoms with Crippen molar-refractivity contribution >= 4 is 41.0 Å². The van der Waals surface area contributed by atoms with E-state index in [1.807, 2.05) is 4.57 Å². The summed E-state index contributed by atoms with van der Waals surface area (Å²) in [6.45, 7) is 1.19. The number of benzene rings is 1. The SMILES string of the molecule is COCCn1c(CCl)nc2ccc(C(=O)OC)cc21.Cl. The first-order valence-electron chi connectivity index (χ1n) is 5.83. The fourth-order valence-corrected chi connectivity index (χ4v) is 2.16. The standard InChI is InChI=1S/C13H15ClN2O3.ClH/c1-18-6-5-16-11-7-9(13(17)19-2)3-4-10(11)15-12(16)8-14;/h3-4,7H,5-6,8H2,1-2H3;1H. The Morgan fingerprint density at radius 3 is 2.75 bits per heavy atom. The summed E-state index contributed by atoms with van der Waals surface area (Å²) in [7, 11) is 3.00. The van der Waals surface area contributed by atoms with Crippen molar-refractivity contribution in [3.05, 3.63) is 29.6 Å². The van der Waals surface area contributed by atoms with Crippen LogP contribution in [-0.2, 0) is 21.9 Å². The third-order valence-electron chi connectivity index (χ3n) is 2.89. The van der Waals surface area contributed by atoms with Crippen LogP contribution in [0.1, 0.15) is 16.2 Å². The van der Waals surface area contributed by atoms with Crippen LogP contribution in [0.4, 0.5) is 0 Å². The second-order valence-corrected chi connectivity index (χ2v) is 4.27. The molecular weight excluding hydrogens is 303 g/mol. The molecule has 110 valence electrons. The number of hydrogen-bond acceptors (Lipinski definition) is 4. The largest absolute Gasteiger partial charge is 0.465 e. The summed E-state index contributed by atoms with van der Waals surface area (Å²) in [6.07, 6.45) is 0. The van der Waals surface area contributed by atoms with Gasteiger partial charge in [-0.1, -0.05) is 0 Å². The van der Waals surface area contributed by atoms with Gasteiger partial charge in [0.15, 0.2) is 0 Å². The smallest absolute Gasteiger partial charge is 0.337 e. The molecule has 0 saturated heterocycles. The second-order valence-electron chi connectivity index (χ2n) is 4.00. The van der Waals surface area contributed by atoms with Crippen molar-refractivity contribution in [1.82, 2.24) is 9.55 Å². The van der Waals surface area contributed by atoms with E-state index in [4.69, 9.17) is 21.1 Å². The fourth-order valence-electron chi connectivity index (χ4n) is 1.95. The number of aromatic nitrogens is 2. The molecule has 0 aliphatic rings. The average Bonchev–Trinajstić information content (AvgIpc) is 2.80. The Balaban J connectivity index is 0.00000200. The maximum atomic E-state index is 11.6. The van der Waals surface area contributed by atoms with Crippen LogP contribution < -0.4 is 0 Å². The summed E-state index contributed by atoms with van der Waals surface area (Å²) in [5.74, 6) is 0.705. The Bertz CT molecular complexity index is 599. The zero-order chi connectivity index (χ0) is 13.8. The minimum atomic E-state index is -0.367. The number of carbonyl (C=O) groups excluding carboxylic acids is 1. The van der Waals surface area contributed by atoms with Crippen molar-refractivity contribution in [1.29, 1.82) is 0 Å². The predicted octanol–water partition coefficient (Wildman–Crippen LogP) is 2.63. The zero-order valence-corrected chi connectivity index (χ0v) is 12.8. The highest BCUT2D eigenvalue weighted by atomic mass is 35.5. The van der Waals surface area contributed by atoms with Crippen molar-refractivity contribution in [2.24, 2.45) is 0 Å². The van der Waals surface area contributed by atoms with Crippen LogP contribution >= 0.6 is 24.0 Å². The van der Waals surface area contributed by atoms with E-state index in [0.717, 1.165) is 16.9 Å². The third kappa shape index (κ3) is 3.23. The fraction of sp³-hybridized carbons (Fsp3) is 0.385. The van der Waals surface area contributed by atoms with Crippen molar-refractivity contribution in [3.63, 3.8) is 0 Å². The van der Waals surface area contributed by atoms with Gasteiger partial charge in [-0.05, 0) is 18.2 Å². The highest BCUT2D eigenvalue weighted by molar-refractivity contribution is 6.16. The molecule has 5 nitrogen and oxygen atoms in total. The molecule has 2 aromatic rings. The quantitative estimate of drug-likeness (QED) is 0.628. The lowest BCUT2D eigenvalue weighted by Crippen LogP contribution is -2.08. The van der Waals surface area contributed by atoms with Gasteiger partial charge >= 0.3 is 5.97 Å². The minimum Gasteiger partial charge on any atom is -0.465 e. The summed E-state index contributed by atoms with van der Waals surface area (Å²) < 4.78 is 11.8. The van der Waals surface area contributed by atoms with E-state index in [9.17, 15) is 4.79 Å². The van der Waals surface area contributed by atoms with E-state index in [-0.39, 0.29) is 18.4 Å². The molecule has 1 heterocycles. The average molecular weight is 319 g/mol. The van der Waals surface area contributed by atoms with E-state index in [1.165, 1.54) is 7.11 Å². The number of methoxy groups -OCH3 is 2. The van der Waals surface area contributed by atoms with Crippen LogP contribution in [0.2, 0.25) is 0 Å². The normalized spacial score (nSPS) is 10.3. The maximum Gasteiger partial charge on any atom is 0.337 e. The molecule has 0 N–H and O–H groups in total. The van der Waals surface area contributed by atoms with Crippen molar-refractivity contribution in [2.45, 2.75) is 12.4 Å². The molecule has 0 amide bonds. The number of ether oxygens (including phenoxy) is 2. The Kier molecular flexibility index (Phi) is 6.26. The van der Waals surface area contributed by atoms with Gasteiger partial charge in [-0.15, -0.1) is 24.0 Å². The van der Waals surface area contributed by atoms with Gasteiger partial charge in [0.25, 0.3) is 0 Å². The van der Waals surface area contributed by atoms with Crippen molar-refractivity contribution in [2.75, 3.05) is 20.8 Å². The van der Waals surface area contributed by atoms with Gasteiger partial charge in [-0.3, -0.25) is 0 Å². The van der Waals surface area contributed by atoms with E-state index < -0.39 is 0 Å². The highest BCUT2D eigenvalue weighted by Gasteiger charge is 2.13. The molecule has 0 bridgehead atoms. The molecule has 0 aliphatic carbocycles. The molecule has 7 heteroatoms. The molecule has 0 aliphatic heterocycles. The van der Waals surface area contributed by atoms with Gasteiger partial charge in [0.2, 0.25) is 0 Å². The Hall–Kier alpha value is -1.30. The van der Waals surface area contributed by atoms with Crippen LogP contribution in [-0.4, -0.2) is 36.3 Å². The van der Waals surface area contributed by atoms with Crippen molar-refractivity contribution < 1.29 is 14.3 Å². The van der Waals surface area contributed by atoms with Crippen molar-refractivity contribution in [3.8, 4) is 0 Å². The predicted molar refractivity (Wildman–Crippen MR) is 79.8 cm³/mol. The first-order chi connectivity index (χ1) is 9.21. The van der Waals surface area contributed by atoms with Crippen LogP contribution in [0, 0.1) is 0 Å². The molecule has 0 saturated carbocycles. The van der Waals surface area contributed by atoms with Gasteiger partial charge in [-0.2, -0.15) is 0 Å². The Morgan fingerprint density at radius 1 is 1.40 bits per heavy atom. The lowest BCUT2D eigenvalue weighted by atomic mass is 10.2. The molecule has 0 radical (unpaired) electrons. The summed E-state index contributed by atoms with van der Waals surface area (Å²) in [5.41, 5.74) is 2.16. The van der Waals surface area contributed by atoms with Gasteiger partial charge in [-0.25, -0.2) is 9.78 Å². The minimum absolute atomic E-state index is 0. The number of halogens is 2. The summed E-state index contributed by atoms with van der Waals surface area (Å²) in [5, 5.41) is 0. The monoisotopic (exact) mass is 318 g/mol.